The molecule has 0 bridgehead atoms. The largest absolute Gasteiger partial charge is 0.376 e. The summed E-state index contributed by atoms with van der Waals surface area (Å²) in [6.45, 7) is 9.68. The lowest BCUT2D eigenvalue weighted by atomic mass is 10.1. The summed E-state index contributed by atoms with van der Waals surface area (Å²) in [6, 6.07) is 8.65. The summed E-state index contributed by atoms with van der Waals surface area (Å²) < 4.78 is 11.5. The van der Waals surface area contributed by atoms with E-state index in [1.165, 1.54) is 11.1 Å². The Morgan fingerprint density at radius 3 is 2.56 bits per heavy atom. The van der Waals surface area contributed by atoms with Crippen LogP contribution in [0.5, 0.6) is 0 Å². The van der Waals surface area contributed by atoms with Gasteiger partial charge < -0.3 is 20.1 Å². The second kappa shape index (κ2) is 10.1. The van der Waals surface area contributed by atoms with E-state index in [1.54, 1.807) is 0 Å². The van der Waals surface area contributed by atoms with Crippen molar-refractivity contribution in [2.75, 3.05) is 33.3 Å². The Morgan fingerprint density at radius 1 is 1.15 bits per heavy atom. The second-order valence-corrected chi connectivity index (χ2v) is 7.66. The van der Waals surface area contributed by atoms with Crippen LogP contribution in [0.4, 0.5) is 0 Å². The Kier molecular flexibility index (Phi) is 7.50. The minimum Gasteiger partial charge on any atom is -0.376 e. The summed E-state index contributed by atoms with van der Waals surface area (Å²) in [4.78, 5) is 6.83. The Labute approximate surface area is 163 Å². The molecule has 1 aromatic carbocycles. The van der Waals surface area contributed by atoms with Gasteiger partial charge >= 0.3 is 0 Å². The van der Waals surface area contributed by atoms with Crippen molar-refractivity contribution >= 4 is 5.96 Å². The van der Waals surface area contributed by atoms with Crippen molar-refractivity contribution in [3.8, 4) is 0 Å². The van der Waals surface area contributed by atoms with Gasteiger partial charge in [-0.25, -0.2) is 0 Å². The van der Waals surface area contributed by atoms with Crippen LogP contribution in [-0.2, 0) is 22.6 Å². The number of aliphatic imine (C=N–C) groups is 1. The molecule has 0 amide bonds. The third-order valence-electron chi connectivity index (χ3n) is 5.20. The number of morpholine rings is 1. The molecule has 2 heterocycles. The highest BCUT2D eigenvalue weighted by Crippen LogP contribution is 2.17. The average Bonchev–Trinajstić information content (AvgIpc) is 3.16. The van der Waals surface area contributed by atoms with E-state index < -0.39 is 0 Å². The predicted molar refractivity (Wildman–Crippen MR) is 109 cm³/mol. The van der Waals surface area contributed by atoms with Gasteiger partial charge in [-0.3, -0.25) is 9.89 Å². The first-order valence-corrected chi connectivity index (χ1v) is 10.1. The van der Waals surface area contributed by atoms with Gasteiger partial charge in [0.05, 0.1) is 18.3 Å². The van der Waals surface area contributed by atoms with Gasteiger partial charge in [0, 0.05) is 46.4 Å². The van der Waals surface area contributed by atoms with Gasteiger partial charge in [-0.2, -0.15) is 0 Å². The van der Waals surface area contributed by atoms with Crippen LogP contribution in [0.3, 0.4) is 0 Å². The molecule has 2 aliphatic rings. The number of nitrogens with one attached hydrogen (secondary N) is 2. The minimum atomic E-state index is 0.292. The molecule has 0 aromatic heterocycles. The maximum atomic E-state index is 5.86. The van der Waals surface area contributed by atoms with E-state index in [2.05, 4.69) is 58.6 Å². The lowest BCUT2D eigenvalue weighted by Gasteiger charge is -2.35. The molecule has 6 heteroatoms. The zero-order valence-corrected chi connectivity index (χ0v) is 16.9. The lowest BCUT2D eigenvalue weighted by Crippen LogP contribution is -2.45. The number of hydrogen-bond acceptors (Lipinski definition) is 4. The Balaban J connectivity index is 1.53. The van der Waals surface area contributed by atoms with Crippen molar-refractivity contribution in [1.82, 2.24) is 15.5 Å². The fraction of sp³-hybridized carbons (Fsp3) is 0.667. The molecule has 0 spiro atoms. The monoisotopic (exact) mass is 374 g/mol. The van der Waals surface area contributed by atoms with E-state index in [4.69, 9.17) is 9.47 Å². The van der Waals surface area contributed by atoms with Crippen molar-refractivity contribution in [2.45, 2.75) is 58.1 Å². The summed E-state index contributed by atoms with van der Waals surface area (Å²) in [6.07, 6.45) is 3.18. The van der Waals surface area contributed by atoms with Crippen LogP contribution in [0.1, 0.15) is 37.8 Å². The van der Waals surface area contributed by atoms with Gasteiger partial charge in [-0.15, -0.1) is 0 Å². The zero-order valence-electron chi connectivity index (χ0n) is 16.9. The third-order valence-corrected chi connectivity index (χ3v) is 5.20. The Hall–Kier alpha value is -1.63. The topological polar surface area (TPSA) is 58.1 Å². The molecule has 150 valence electrons. The molecule has 2 saturated heterocycles. The number of hydrogen-bond donors (Lipinski definition) is 2. The predicted octanol–water partition coefficient (Wildman–Crippen LogP) is 2.14. The van der Waals surface area contributed by atoms with Crippen LogP contribution in [0.2, 0.25) is 0 Å². The molecular formula is C21H34N4O2. The van der Waals surface area contributed by atoms with Crippen LogP contribution in [0, 0.1) is 0 Å². The summed E-state index contributed by atoms with van der Waals surface area (Å²) >= 11 is 0. The van der Waals surface area contributed by atoms with Crippen LogP contribution in [-0.4, -0.2) is 62.5 Å². The highest BCUT2D eigenvalue weighted by atomic mass is 16.5. The van der Waals surface area contributed by atoms with Crippen LogP contribution in [0.25, 0.3) is 0 Å². The van der Waals surface area contributed by atoms with Crippen molar-refractivity contribution in [3.63, 3.8) is 0 Å². The van der Waals surface area contributed by atoms with Gasteiger partial charge in [0.1, 0.15) is 0 Å². The molecule has 0 saturated carbocycles. The SMILES string of the molecule is CN=C(NCc1ccccc1CN1CC(C)OC(C)C1)NCC1CCCO1. The smallest absolute Gasteiger partial charge is 0.191 e. The molecule has 2 N–H and O–H groups in total. The summed E-state index contributed by atoms with van der Waals surface area (Å²) in [7, 11) is 1.81. The molecule has 0 aliphatic carbocycles. The highest BCUT2D eigenvalue weighted by Gasteiger charge is 2.22. The highest BCUT2D eigenvalue weighted by molar-refractivity contribution is 5.79. The number of nitrogens with zero attached hydrogens (tertiary/aromatic N) is 2. The van der Waals surface area contributed by atoms with E-state index in [0.717, 1.165) is 58.1 Å². The van der Waals surface area contributed by atoms with Crippen molar-refractivity contribution in [1.29, 1.82) is 0 Å². The minimum absolute atomic E-state index is 0.292. The number of benzene rings is 1. The molecule has 2 aliphatic heterocycles. The van der Waals surface area contributed by atoms with Gasteiger partial charge in [-0.05, 0) is 37.8 Å². The maximum absolute atomic E-state index is 5.86. The molecule has 27 heavy (non-hydrogen) atoms. The zero-order chi connectivity index (χ0) is 19.1. The summed E-state index contributed by atoms with van der Waals surface area (Å²) in [5, 5.41) is 6.83. The normalized spacial score (nSPS) is 26.9. The van der Waals surface area contributed by atoms with Gasteiger partial charge in [0.25, 0.3) is 0 Å². The molecule has 6 nitrogen and oxygen atoms in total. The van der Waals surface area contributed by atoms with E-state index in [1.807, 2.05) is 7.05 Å². The summed E-state index contributed by atoms with van der Waals surface area (Å²) in [5.41, 5.74) is 2.67. The van der Waals surface area contributed by atoms with Gasteiger partial charge in [0.2, 0.25) is 0 Å². The molecule has 3 unspecified atom stereocenters. The van der Waals surface area contributed by atoms with Crippen LogP contribution < -0.4 is 10.6 Å². The summed E-state index contributed by atoms with van der Waals surface area (Å²) in [5.74, 6) is 0.828. The number of ether oxygens (including phenoxy) is 2. The Bertz CT molecular complexity index is 606. The van der Waals surface area contributed by atoms with Crippen LogP contribution >= 0.6 is 0 Å². The quantitative estimate of drug-likeness (QED) is 0.590. The molecular weight excluding hydrogens is 340 g/mol. The first kappa shape index (κ1) is 20.1. The lowest BCUT2D eigenvalue weighted by molar-refractivity contribution is -0.0705. The molecule has 3 rings (SSSR count). The fourth-order valence-electron chi connectivity index (χ4n) is 3.95. The van der Waals surface area contributed by atoms with E-state index in [9.17, 15) is 0 Å². The van der Waals surface area contributed by atoms with E-state index in [0.29, 0.717) is 18.3 Å². The van der Waals surface area contributed by atoms with Gasteiger partial charge in [-0.1, -0.05) is 24.3 Å². The standard InChI is InChI=1S/C21H34N4O2/c1-16-13-25(14-17(2)27-16)15-19-8-5-4-7-18(19)11-23-21(22-3)24-12-20-9-6-10-26-20/h4-5,7-8,16-17,20H,6,9-15H2,1-3H3,(H2,22,23,24). The van der Waals surface area contributed by atoms with Gasteiger partial charge in [0.15, 0.2) is 5.96 Å². The van der Waals surface area contributed by atoms with Crippen LogP contribution in [0.15, 0.2) is 29.3 Å². The van der Waals surface area contributed by atoms with Crippen molar-refractivity contribution < 1.29 is 9.47 Å². The molecule has 2 fully saturated rings. The molecule has 3 atom stereocenters. The van der Waals surface area contributed by atoms with E-state index in [-0.39, 0.29) is 0 Å². The average molecular weight is 375 g/mol. The first-order valence-electron chi connectivity index (χ1n) is 10.1. The fourth-order valence-corrected chi connectivity index (χ4v) is 3.95. The maximum Gasteiger partial charge on any atom is 0.191 e. The second-order valence-electron chi connectivity index (χ2n) is 7.66. The molecule has 1 aromatic rings. The Morgan fingerprint density at radius 2 is 1.89 bits per heavy atom. The number of guanidine groups is 1. The number of rotatable bonds is 6. The van der Waals surface area contributed by atoms with Crippen molar-refractivity contribution in [2.24, 2.45) is 4.99 Å². The first-order chi connectivity index (χ1) is 13.1. The molecule has 0 radical (unpaired) electrons. The van der Waals surface area contributed by atoms with E-state index >= 15 is 0 Å². The van der Waals surface area contributed by atoms with Crippen molar-refractivity contribution in [3.05, 3.63) is 35.4 Å². The third kappa shape index (κ3) is 6.19.